The van der Waals surface area contributed by atoms with Gasteiger partial charge in [0.25, 0.3) is 0 Å². The largest absolute Gasteiger partial charge is 0.497 e. The van der Waals surface area contributed by atoms with E-state index in [0.717, 1.165) is 12.2 Å². The first-order valence-corrected chi connectivity index (χ1v) is 6.60. The zero-order chi connectivity index (χ0) is 12.1. The molecule has 1 N–H and O–H groups in total. The molecule has 94 valence electrons. The Labute approximate surface area is 104 Å². The van der Waals surface area contributed by atoms with Crippen molar-refractivity contribution in [3.05, 3.63) is 29.8 Å². The molecule has 1 aromatic rings. The summed E-state index contributed by atoms with van der Waals surface area (Å²) in [5, 5.41) is 3.56. The van der Waals surface area contributed by atoms with Gasteiger partial charge in [-0.2, -0.15) is 0 Å². The second-order valence-corrected chi connectivity index (χ2v) is 5.12. The lowest BCUT2D eigenvalue weighted by Gasteiger charge is -2.37. The quantitative estimate of drug-likeness (QED) is 0.862. The highest BCUT2D eigenvalue weighted by molar-refractivity contribution is 5.28. The Morgan fingerprint density at radius 2 is 1.76 bits per heavy atom. The van der Waals surface area contributed by atoms with E-state index in [-0.39, 0.29) is 0 Å². The third-order valence-corrected chi connectivity index (χ3v) is 4.04. The highest BCUT2D eigenvalue weighted by Crippen LogP contribution is 2.31. The summed E-state index contributed by atoms with van der Waals surface area (Å²) in [4.78, 5) is 0. The molecule has 0 radical (unpaired) electrons. The fraction of sp³-hybridized carbons (Fsp3) is 0.600. The number of benzene rings is 1. The van der Waals surface area contributed by atoms with Crippen LogP contribution < -0.4 is 10.1 Å². The van der Waals surface area contributed by atoms with Crippen molar-refractivity contribution in [3.63, 3.8) is 0 Å². The van der Waals surface area contributed by atoms with E-state index in [2.05, 4.69) is 36.6 Å². The minimum absolute atomic E-state index is 0.326. The molecule has 0 atom stereocenters. The molecule has 0 heterocycles. The number of nitrogens with one attached hydrogen (secondary N) is 1. The van der Waals surface area contributed by atoms with Crippen molar-refractivity contribution in [1.29, 1.82) is 0 Å². The molecule has 0 aliphatic heterocycles. The summed E-state index contributed by atoms with van der Waals surface area (Å²) >= 11 is 0. The van der Waals surface area contributed by atoms with Gasteiger partial charge in [-0.05, 0) is 44.0 Å². The molecule has 2 rings (SSSR count). The van der Waals surface area contributed by atoms with E-state index in [4.69, 9.17) is 4.74 Å². The van der Waals surface area contributed by atoms with Crippen LogP contribution in [0.4, 0.5) is 0 Å². The number of likely N-dealkylation sites (N-methyl/N-ethyl adjacent to an activating group) is 1. The van der Waals surface area contributed by atoms with Crippen LogP contribution in [0.1, 0.15) is 37.7 Å². The van der Waals surface area contributed by atoms with E-state index in [1.54, 1.807) is 7.11 Å². The van der Waals surface area contributed by atoms with E-state index >= 15 is 0 Å². The zero-order valence-corrected chi connectivity index (χ0v) is 11.0. The molecule has 1 fully saturated rings. The summed E-state index contributed by atoms with van der Waals surface area (Å²) in [7, 11) is 3.82. The van der Waals surface area contributed by atoms with E-state index in [9.17, 15) is 0 Å². The van der Waals surface area contributed by atoms with Crippen molar-refractivity contribution in [3.8, 4) is 5.75 Å². The Morgan fingerprint density at radius 1 is 1.12 bits per heavy atom. The van der Waals surface area contributed by atoms with Gasteiger partial charge in [-0.1, -0.05) is 31.4 Å². The molecule has 0 amide bonds. The standard InChI is InChI=1S/C15H23NO/c1-16-15(10-4-3-5-11-15)12-13-6-8-14(17-2)9-7-13/h6-9,16H,3-5,10-12H2,1-2H3. The molecule has 0 aromatic heterocycles. The van der Waals surface area contributed by atoms with Gasteiger partial charge in [-0.25, -0.2) is 0 Å². The van der Waals surface area contributed by atoms with Crippen LogP contribution in [0.2, 0.25) is 0 Å². The first kappa shape index (κ1) is 12.4. The molecule has 0 spiro atoms. The van der Waals surface area contributed by atoms with Crippen LogP contribution in [0.25, 0.3) is 0 Å². The summed E-state index contributed by atoms with van der Waals surface area (Å²) in [5.41, 5.74) is 1.73. The van der Waals surface area contributed by atoms with Crippen LogP contribution >= 0.6 is 0 Å². The monoisotopic (exact) mass is 233 g/mol. The Kier molecular flexibility index (Phi) is 4.06. The zero-order valence-electron chi connectivity index (χ0n) is 11.0. The molecular formula is C15H23NO. The van der Waals surface area contributed by atoms with Crippen LogP contribution in [0.3, 0.4) is 0 Å². The third-order valence-electron chi connectivity index (χ3n) is 4.04. The van der Waals surface area contributed by atoms with Gasteiger partial charge in [0.05, 0.1) is 7.11 Å². The predicted octanol–water partition coefficient (Wildman–Crippen LogP) is 3.16. The van der Waals surface area contributed by atoms with Crippen molar-refractivity contribution in [2.24, 2.45) is 0 Å². The summed E-state index contributed by atoms with van der Waals surface area (Å²) in [6.45, 7) is 0. The molecular weight excluding hydrogens is 210 g/mol. The van der Waals surface area contributed by atoms with Crippen molar-refractivity contribution < 1.29 is 4.74 Å². The van der Waals surface area contributed by atoms with Crippen molar-refractivity contribution in [2.45, 2.75) is 44.1 Å². The molecule has 0 bridgehead atoms. The Bertz CT molecular complexity index is 338. The molecule has 1 aliphatic carbocycles. The fourth-order valence-electron chi connectivity index (χ4n) is 2.88. The first-order valence-electron chi connectivity index (χ1n) is 6.60. The van der Waals surface area contributed by atoms with Gasteiger partial charge < -0.3 is 10.1 Å². The predicted molar refractivity (Wildman–Crippen MR) is 71.6 cm³/mol. The number of hydrogen-bond donors (Lipinski definition) is 1. The number of methoxy groups -OCH3 is 1. The highest BCUT2D eigenvalue weighted by Gasteiger charge is 2.30. The average molecular weight is 233 g/mol. The topological polar surface area (TPSA) is 21.3 Å². The second kappa shape index (κ2) is 5.54. The van der Waals surface area contributed by atoms with Crippen molar-refractivity contribution in [1.82, 2.24) is 5.32 Å². The van der Waals surface area contributed by atoms with Gasteiger partial charge in [0, 0.05) is 5.54 Å². The minimum atomic E-state index is 0.326. The Hall–Kier alpha value is -1.02. The van der Waals surface area contributed by atoms with Crippen LogP contribution in [-0.4, -0.2) is 19.7 Å². The first-order chi connectivity index (χ1) is 8.28. The summed E-state index contributed by atoms with van der Waals surface area (Å²) < 4.78 is 5.20. The SMILES string of the molecule is CNC1(Cc2ccc(OC)cc2)CCCCC1. The lowest BCUT2D eigenvalue weighted by Crippen LogP contribution is -2.46. The number of ether oxygens (including phenoxy) is 1. The average Bonchev–Trinajstić information content (AvgIpc) is 2.41. The Balaban J connectivity index is 2.06. The van der Waals surface area contributed by atoms with Crippen LogP contribution in [0.5, 0.6) is 5.75 Å². The normalized spacial score (nSPS) is 18.9. The van der Waals surface area contributed by atoms with Crippen LogP contribution in [-0.2, 0) is 6.42 Å². The van der Waals surface area contributed by atoms with Gasteiger partial charge in [0.2, 0.25) is 0 Å². The minimum Gasteiger partial charge on any atom is -0.497 e. The van der Waals surface area contributed by atoms with Gasteiger partial charge in [-0.15, -0.1) is 0 Å². The summed E-state index contributed by atoms with van der Waals surface area (Å²) in [5.74, 6) is 0.941. The maximum atomic E-state index is 5.20. The smallest absolute Gasteiger partial charge is 0.118 e. The van der Waals surface area contributed by atoms with Crippen molar-refractivity contribution >= 4 is 0 Å². The molecule has 17 heavy (non-hydrogen) atoms. The number of rotatable bonds is 4. The highest BCUT2D eigenvalue weighted by atomic mass is 16.5. The molecule has 1 aliphatic rings. The Morgan fingerprint density at radius 3 is 2.29 bits per heavy atom. The van der Waals surface area contributed by atoms with E-state index in [1.807, 2.05) is 0 Å². The molecule has 1 saturated carbocycles. The van der Waals surface area contributed by atoms with Crippen LogP contribution in [0.15, 0.2) is 24.3 Å². The van der Waals surface area contributed by atoms with E-state index in [0.29, 0.717) is 5.54 Å². The van der Waals surface area contributed by atoms with Crippen molar-refractivity contribution in [2.75, 3.05) is 14.2 Å². The van der Waals surface area contributed by atoms with Gasteiger partial charge in [0.1, 0.15) is 5.75 Å². The van der Waals surface area contributed by atoms with Gasteiger partial charge in [-0.3, -0.25) is 0 Å². The maximum Gasteiger partial charge on any atom is 0.118 e. The lowest BCUT2D eigenvalue weighted by molar-refractivity contribution is 0.245. The molecule has 0 unspecified atom stereocenters. The molecule has 2 nitrogen and oxygen atoms in total. The van der Waals surface area contributed by atoms with Gasteiger partial charge >= 0.3 is 0 Å². The summed E-state index contributed by atoms with van der Waals surface area (Å²) in [6.07, 6.45) is 7.85. The fourth-order valence-corrected chi connectivity index (χ4v) is 2.88. The van der Waals surface area contributed by atoms with Crippen LogP contribution in [0, 0.1) is 0 Å². The summed E-state index contributed by atoms with van der Waals surface area (Å²) in [6, 6.07) is 8.49. The third kappa shape index (κ3) is 3.01. The second-order valence-electron chi connectivity index (χ2n) is 5.12. The van der Waals surface area contributed by atoms with E-state index in [1.165, 1.54) is 37.7 Å². The molecule has 1 aromatic carbocycles. The lowest BCUT2D eigenvalue weighted by atomic mass is 9.77. The molecule has 2 heteroatoms. The molecule has 0 saturated heterocycles. The van der Waals surface area contributed by atoms with E-state index < -0.39 is 0 Å². The maximum absolute atomic E-state index is 5.20. The van der Waals surface area contributed by atoms with Gasteiger partial charge in [0.15, 0.2) is 0 Å². The number of hydrogen-bond acceptors (Lipinski definition) is 2.